The first kappa shape index (κ1) is 10.0. The van der Waals surface area contributed by atoms with Crippen molar-refractivity contribution in [1.29, 1.82) is 0 Å². The van der Waals surface area contributed by atoms with Gasteiger partial charge in [0.15, 0.2) is 0 Å². The Hall–Kier alpha value is -1.51. The molecule has 3 heteroatoms. The number of benzene rings is 1. The van der Waals surface area contributed by atoms with Crippen molar-refractivity contribution in [2.24, 2.45) is 0 Å². The van der Waals surface area contributed by atoms with Crippen molar-refractivity contribution in [3.63, 3.8) is 0 Å². The smallest absolute Gasteiger partial charge is 0.338 e. The molecule has 1 saturated carbocycles. The molecule has 1 aliphatic carbocycles. The second-order valence-electron chi connectivity index (χ2n) is 3.79. The summed E-state index contributed by atoms with van der Waals surface area (Å²) in [5.41, 5.74) is 1.62. The van der Waals surface area contributed by atoms with Gasteiger partial charge in [-0.25, -0.2) is 4.79 Å². The summed E-state index contributed by atoms with van der Waals surface area (Å²) in [5.74, 6) is -0.206. The summed E-state index contributed by atoms with van der Waals surface area (Å²) in [7, 11) is 1.85. The van der Waals surface area contributed by atoms with Crippen molar-refractivity contribution in [2.45, 2.75) is 25.4 Å². The molecule has 1 N–H and O–H groups in total. The molecule has 1 fully saturated rings. The van der Waals surface area contributed by atoms with Gasteiger partial charge in [-0.05, 0) is 43.5 Å². The summed E-state index contributed by atoms with van der Waals surface area (Å²) >= 11 is 0. The van der Waals surface area contributed by atoms with Gasteiger partial charge in [-0.3, -0.25) is 0 Å². The summed E-state index contributed by atoms with van der Waals surface area (Å²) in [4.78, 5) is 11.6. The average Bonchev–Trinajstić information content (AvgIpc) is 2.23. The van der Waals surface area contributed by atoms with E-state index in [0.29, 0.717) is 5.56 Å². The summed E-state index contributed by atoms with van der Waals surface area (Å²) in [6.07, 6.45) is 3.36. The Kier molecular flexibility index (Phi) is 2.90. The van der Waals surface area contributed by atoms with E-state index in [-0.39, 0.29) is 12.1 Å². The quantitative estimate of drug-likeness (QED) is 0.770. The standard InChI is InChI=1S/C12H15NO2/c1-13-10-7-5-9(6-8-10)12(14)15-11-3-2-4-11/h5-8,11,13H,2-4H2,1H3. The molecule has 0 bridgehead atoms. The fourth-order valence-electron chi connectivity index (χ4n) is 1.48. The molecule has 15 heavy (non-hydrogen) atoms. The number of ether oxygens (including phenoxy) is 1. The number of carbonyl (C=O) groups is 1. The zero-order chi connectivity index (χ0) is 10.7. The molecule has 0 unspecified atom stereocenters. The first-order valence-electron chi connectivity index (χ1n) is 5.28. The van der Waals surface area contributed by atoms with E-state index in [2.05, 4.69) is 5.32 Å². The van der Waals surface area contributed by atoms with Gasteiger partial charge in [0, 0.05) is 12.7 Å². The third-order valence-electron chi connectivity index (χ3n) is 2.74. The van der Waals surface area contributed by atoms with Crippen LogP contribution in [0.4, 0.5) is 5.69 Å². The largest absolute Gasteiger partial charge is 0.459 e. The summed E-state index contributed by atoms with van der Waals surface area (Å²) in [5, 5.41) is 3.00. The molecule has 1 aromatic carbocycles. The lowest BCUT2D eigenvalue weighted by atomic mass is 9.96. The van der Waals surface area contributed by atoms with E-state index in [9.17, 15) is 4.79 Å². The summed E-state index contributed by atoms with van der Waals surface area (Å²) in [6, 6.07) is 7.31. The number of hydrogen-bond acceptors (Lipinski definition) is 3. The molecule has 0 amide bonds. The van der Waals surface area contributed by atoms with E-state index < -0.39 is 0 Å². The van der Waals surface area contributed by atoms with Gasteiger partial charge in [0.25, 0.3) is 0 Å². The van der Waals surface area contributed by atoms with Crippen LogP contribution in [-0.2, 0) is 4.74 Å². The Balaban J connectivity index is 1.98. The van der Waals surface area contributed by atoms with E-state index in [1.807, 2.05) is 19.2 Å². The molecule has 0 spiro atoms. The summed E-state index contributed by atoms with van der Waals surface area (Å²) < 4.78 is 5.29. The Morgan fingerprint density at radius 1 is 1.33 bits per heavy atom. The zero-order valence-electron chi connectivity index (χ0n) is 8.82. The second kappa shape index (κ2) is 4.34. The Labute approximate surface area is 89.4 Å². The van der Waals surface area contributed by atoms with Gasteiger partial charge < -0.3 is 10.1 Å². The number of carbonyl (C=O) groups excluding carboxylic acids is 1. The molecule has 0 heterocycles. The molecule has 80 valence electrons. The van der Waals surface area contributed by atoms with Crippen LogP contribution in [0, 0.1) is 0 Å². The maximum absolute atomic E-state index is 11.6. The van der Waals surface area contributed by atoms with Crippen molar-refractivity contribution < 1.29 is 9.53 Å². The van der Waals surface area contributed by atoms with Crippen molar-refractivity contribution in [1.82, 2.24) is 0 Å². The van der Waals surface area contributed by atoms with Crippen LogP contribution in [0.2, 0.25) is 0 Å². The molecular formula is C12H15NO2. The van der Waals surface area contributed by atoms with E-state index in [4.69, 9.17) is 4.74 Å². The minimum Gasteiger partial charge on any atom is -0.459 e. The Morgan fingerprint density at radius 3 is 2.47 bits per heavy atom. The number of esters is 1. The third-order valence-corrected chi connectivity index (χ3v) is 2.74. The predicted octanol–water partition coefficient (Wildman–Crippen LogP) is 2.44. The third kappa shape index (κ3) is 2.29. The monoisotopic (exact) mass is 205 g/mol. The molecule has 0 radical (unpaired) electrons. The molecule has 0 aliphatic heterocycles. The van der Waals surface area contributed by atoms with Gasteiger partial charge in [0.1, 0.15) is 6.10 Å². The molecular weight excluding hydrogens is 190 g/mol. The average molecular weight is 205 g/mol. The first-order valence-corrected chi connectivity index (χ1v) is 5.28. The Bertz CT molecular complexity index is 341. The fraction of sp³-hybridized carbons (Fsp3) is 0.417. The topological polar surface area (TPSA) is 38.3 Å². The van der Waals surface area contributed by atoms with Gasteiger partial charge in [0.05, 0.1) is 5.56 Å². The van der Waals surface area contributed by atoms with Crippen LogP contribution in [-0.4, -0.2) is 19.1 Å². The second-order valence-corrected chi connectivity index (χ2v) is 3.79. The molecule has 0 saturated heterocycles. The minimum absolute atomic E-state index is 0.154. The normalized spacial score (nSPS) is 15.5. The molecule has 0 aromatic heterocycles. The lowest BCUT2D eigenvalue weighted by Gasteiger charge is -2.25. The fourth-order valence-corrected chi connectivity index (χ4v) is 1.48. The van der Waals surface area contributed by atoms with Crippen LogP contribution in [0.1, 0.15) is 29.6 Å². The number of nitrogens with one attached hydrogen (secondary N) is 1. The minimum atomic E-state index is -0.206. The lowest BCUT2D eigenvalue weighted by molar-refractivity contribution is 0.00901. The van der Waals surface area contributed by atoms with E-state index in [0.717, 1.165) is 18.5 Å². The van der Waals surface area contributed by atoms with Crippen LogP contribution in [0.3, 0.4) is 0 Å². The maximum atomic E-state index is 11.6. The highest BCUT2D eigenvalue weighted by Gasteiger charge is 2.22. The van der Waals surface area contributed by atoms with Crippen LogP contribution in [0.5, 0.6) is 0 Å². The highest BCUT2D eigenvalue weighted by molar-refractivity contribution is 5.89. The zero-order valence-corrected chi connectivity index (χ0v) is 8.82. The van der Waals surface area contributed by atoms with Gasteiger partial charge >= 0.3 is 5.97 Å². The number of rotatable bonds is 3. The van der Waals surface area contributed by atoms with Crippen LogP contribution < -0.4 is 5.32 Å². The van der Waals surface area contributed by atoms with Gasteiger partial charge in [-0.2, -0.15) is 0 Å². The van der Waals surface area contributed by atoms with Crippen LogP contribution in [0.25, 0.3) is 0 Å². The van der Waals surface area contributed by atoms with Crippen LogP contribution in [0.15, 0.2) is 24.3 Å². The van der Waals surface area contributed by atoms with Crippen molar-refractivity contribution in [3.05, 3.63) is 29.8 Å². The van der Waals surface area contributed by atoms with Crippen molar-refractivity contribution >= 4 is 11.7 Å². The Morgan fingerprint density at radius 2 is 2.00 bits per heavy atom. The highest BCUT2D eigenvalue weighted by Crippen LogP contribution is 2.23. The highest BCUT2D eigenvalue weighted by atomic mass is 16.5. The van der Waals surface area contributed by atoms with E-state index in [1.54, 1.807) is 12.1 Å². The molecule has 2 rings (SSSR count). The van der Waals surface area contributed by atoms with Gasteiger partial charge in [-0.1, -0.05) is 0 Å². The van der Waals surface area contributed by atoms with Gasteiger partial charge in [0.2, 0.25) is 0 Å². The molecule has 3 nitrogen and oxygen atoms in total. The van der Waals surface area contributed by atoms with Gasteiger partial charge in [-0.15, -0.1) is 0 Å². The maximum Gasteiger partial charge on any atom is 0.338 e. The number of hydrogen-bond donors (Lipinski definition) is 1. The van der Waals surface area contributed by atoms with Crippen molar-refractivity contribution in [2.75, 3.05) is 12.4 Å². The van der Waals surface area contributed by atoms with E-state index in [1.165, 1.54) is 6.42 Å². The predicted molar refractivity (Wildman–Crippen MR) is 59.0 cm³/mol. The SMILES string of the molecule is CNc1ccc(C(=O)OC2CCC2)cc1. The van der Waals surface area contributed by atoms with Crippen molar-refractivity contribution in [3.8, 4) is 0 Å². The number of anilines is 1. The van der Waals surface area contributed by atoms with Crippen LogP contribution >= 0.6 is 0 Å². The summed E-state index contributed by atoms with van der Waals surface area (Å²) in [6.45, 7) is 0. The van der Waals surface area contributed by atoms with E-state index >= 15 is 0 Å². The molecule has 0 atom stereocenters. The lowest BCUT2D eigenvalue weighted by Crippen LogP contribution is -2.25. The molecule has 1 aromatic rings. The first-order chi connectivity index (χ1) is 7.29. The molecule has 1 aliphatic rings.